The van der Waals surface area contributed by atoms with E-state index in [4.69, 9.17) is 10.00 Å². The molecule has 0 aliphatic carbocycles. The molecule has 1 aromatic carbocycles. The third-order valence-electron chi connectivity index (χ3n) is 3.55. The van der Waals surface area contributed by atoms with Gasteiger partial charge in [-0.05, 0) is 25.0 Å². The van der Waals surface area contributed by atoms with E-state index in [1.807, 2.05) is 6.07 Å². The molecule has 0 radical (unpaired) electrons. The molecular formula is C15H21N3O3. The quantitative estimate of drug-likeness (QED) is 0.543. The summed E-state index contributed by atoms with van der Waals surface area (Å²) in [5, 5.41) is 20.0. The van der Waals surface area contributed by atoms with E-state index >= 15 is 0 Å². The standard InChI is InChI=1S/C15H21N3O3/c1-4-13(5-2)17(8-9-21-3)14-7-6-12(11-16)15(10-14)18(19)20/h6-7,10,13H,4-5,8-9H2,1-3H3. The molecule has 6 nitrogen and oxygen atoms in total. The molecule has 0 aliphatic heterocycles. The van der Waals surface area contributed by atoms with Crippen LogP contribution in [0, 0.1) is 21.4 Å². The maximum atomic E-state index is 11.1. The predicted molar refractivity (Wildman–Crippen MR) is 81.4 cm³/mol. The van der Waals surface area contributed by atoms with E-state index in [1.165, 1.54) is 12.1 Å². The number of nitro groups is 1. The van der Waals surface area contributed by atoms with Crippen molar-refractivity contribution < 1.29 is 9.66 Å². The number of hydrogen-bond donors (Lipinski definition) is 0. The second-order valence-corrected chi connectivity index (χ2v) is 4.73. The van der Waals surface area contributed by atoms with E-state index in [0.717, 1.165) is 18.5 Å². The number of nitro benzene ring substituents is 1. The highest BCUT2D eigenvalue weighted by Crippen LogP contribution is 2.27. The van der Waals surface area contributed by atoms with Gasteiger partial charge in [-0.1, -0.05) is 13.8 Å². The number of benzene rings is 1. The minimum Gasteiger partial charge on any atom is -0.383 e. The van der Waals surface area contributed by atoms with E-state index in [-0.39, 0.29) is 17.3 Å². The molecule has 0 spiro atoms. The molecule has 0 saturated carbocycles. The molecule has 114 valence electrons. The fraction of sp³-hybridized carbons (Fsp3) is 0.533. The molecule has 1 rings (SSSR count). The lowest BCUT2D eigenvalue weighted by Crippen LogP contribution is -2.37. The van der Waals surface area contributed by atoms with Crippen molar-refractivity contribution in [3.8, 4) is 6.07 Å². The van der Waals surface area contributed by atoms with Crippen LogP contribution >= 0.6 is 0 Å². The molecule has 0 atom stereocenters. The van der Waals surface area contributed by atoms with Gasteiger partial charge in [0.25, 0.3) is 5.69 Å². The summed E-state index contributed by atoms with van der Waals surface area (Å²) in [5.74, 6) is 0. The van der Waals surface area contributed by atoms with Crippen LogP contribution in [0.4, 0.5) is 11.4 Å². The Balaban J connectivity index is 3.21. The lowest BCUT2D eigenvalue weighted by atomic mass is 10.1. The van der Waals surface area contributed by atoms with Crippen molar-refractivity contribution in [2.24, 2.45) is 0 Å². The van der Waals surface area contributed by atoms with Crippen LogP contribution in [0.1, 0.15) is 32.3 Å². The van der Waals surface area contributed by atoms with Crippen molar-refractivity contribution in [2.45, 2.75) is 32.7 Å². The molecule has 0 bridgehead atoms. The first-order valence-corrected chi connectivity index (χ1v) is 7.03. The molecule has 0 unspecified atom stereocenters. The van der Waals surface area contributed by atoms with Crippen LogP contribution in [0.25, 0.3) is 0 Å². The fourth-order valence-electron chi connectivity index (χ4n) is 2.39. The fourth-order valence-corrected chi connectivity index (χ4v) is 2.39. The van der Waals surface area contributed by atoms with Gasteiger partial charge in [0.2, 0.25) is 0 Å². The van der Waals surface area contributed by atoms with Crippen molar-refractivity contribution in [3.05, 3.63) is 33.9 Å². The summed E-state index contributed by atoms with van der Waals surface area (Å²) < 4.78 is 5.13. The Kier molecular flexibility index (Phi) is 6.63. The van der Waals surface area contributed by atoms with Crippen LogP contribution in [0.2, 0.25) is 0 Å². The van der Waals surface area contributed by atoms with Crippen molar-refractivity contribution in [1.29, 1.82) is 5.26 Å². The first kappa shape index (κ1) is 16.9. The topological polar surface area (TPSA) is 79.4 Å². The molecule has 0 heterocycles. The van der Waals surface area contributed by atoms with Crippen LogP contribution in [0.15, 0.2) is 18.2 Å². The highest BCUT2D eigenvalue weighted by Gasteiger charge is 2.20. The molecule has 1 aromatic rings. The molecule has 0 amide bonds. The van der Waals surface area contributed by atoms with Crippen molar-refractivity contribution in [2.75, 3.05) is 25.2 Å². The monoisotopic (exact) mass is 291 g/mol. The summed E-state index contributed by atoms with van der Waals surface area (Å²) in [6.07, 6.45) is 1.88. The van der Waals surface area contributed by atoms with Gasteiger partial charge in [-0.2, -0.15) is 5.26 Å². The Morgan fingerprint density at radius 1 is 1.43 bits per heavy atom. The first-order chi connectivity index (χ1) is 10.1. The van der Waals surface area contributed by atoms with Gasteiger partial charge in [0.05, 0.1) is 11.5 Å². The number of nitriles is 1. The highest BCUT2D eigenvalue weighted by atomic mass is 16.6. The summed E-state index contributed by atoms with van der Waals surface area (Å²) in [6, 6.07) is 6.90. The first-order valence-electron chi connectivity index (χ1n) is 7.03. The third-order valence-corrected chi connectivity index (χ3v) is 3.55. The maximum absolute atomic E-state index is 11.1. The molecule has 0 aliphatic rings. The molecule has 6 heteroatoms. The summed E-state index contributed by atoms with van der Waals surface area (Å²) in [6.45, 7) is 5.38. The van der Waals surface area contributed by atoms with E-state index < -0.39 is 4.92 Å². The van der Waals surface area contributed by atoms with E-state index in [0.29, 0.717) is 13.2 Å². The number of rotatable bonds is 8. The smallest absolute Gasteiger partial charge is 0.289 e. The zero-order chi connectivity index (χ0) is 15.8. The van der Waals surface area contributed by atoms with Gasteiger partial charge in [0.1, 0.15) is 11.6 Å². The SMILES string of the molecule is CCC(CC)N(CCOC)c1ccc(C#N)c([N+](=O)[O-])c1. The molecule has 0 aromatic heterocycles. The Hall–Kier alpha value is -2.13. The average molecular weight is 291 g/mol. The van der Waals surface area contributed by atoms with Crippen molar-refractivity contribution in [1.82, 2.24) is 0 Å². The molecule has 0 saturated heterocycles. The van der Waals surface area contributed by atoms with E-state index in [9.17, 15) is 10.1 Å². The Morgan fingerprint density at radius 2 is 2.10 bits per heavy atom. The number of nitrogens with zero attached hydrogens (tertiary/aromatic N) is 3. The van der Waals surface area contributed by atoms with Crippen LogP contribution < -0.4 is 4.90 Å². The highest BCUT2D eigenvalue weighted by molar-refractivity contribution is 5.60. The second kappa shape index (κ2) is 8.22. The van der Waals surface area contributed by atoms with Gasteiger partial charge in [-0.25, -0.2) is 0 Å². The van der Waals surface area contributed by atoms with Crippen LogP contribution in [0.3, 0.4) is 0 Å². The van der Waals surface area contributed by atoms with Gasteiger partial charge in [0.15, 0.2) is 0 Å². The lowest BCUT2D eigenvalue weighted by Gasteiger charge is -2.32. The van der Waals surface area contributed by atoms with Gasteiger partial charge < -0.3 is 9.64 Å². The maximum Gasteiger partial charge on any atom is 0.289 e. The van der Waals surface area contributed by atoms with Crippen LogP contribution in [0.5, 0.6) is 0 Å². The van der Waals surface area contributed by atoms with Crippen LogP contribution in [-0.2, 0) is 4.74 Å². The Bertz CT molecular complexity index is 521. The van der Waals surface area contributed by atoms with Gasteiger partial charge in [0, 0.05) is 31.5 Å². The summed E-state index contributed by atoms with van der Waals surface area (Å²) in [4.78, 5) is 12.7. The Labute approximate surface area is 125 Å². The third kappa shape index (κ3) is 4.17. The normalized spacial score (nSPS) is 10.4. The minimum absolute atomic E-state index is 0.0833. The van der Waals surface area contributed by atoms with Crippen LogP contribution in [-0.4, -0.2) is 31.2 Å². The number of hydrogen-bond acceptors (Lipinski definition) is 5. The van der Waals surface area contributed by atoms with E-state index in [1.54, 1.807) is 13.2 Å². The predicted octanol–water partition coefficient (Wildman–Crippen LogP) is 3.11. The number of ether oxygens (including phenoxy) is 1. The minimum atomic E-state index is -0.510. The zero-order valence-electron chi connectivity index (χ0n) is 12.7. The van der Waals surface area contributed by atoms with Gasteiger partial charge in [-0.3, -0.25) is 10.1 Å². The van der Waals surface area contributed by atoms with Crippen molar-refractivity contribution in [3.63, 3.8) is 0 Å². The second-order valence-electron chi connectivity index (χ2n) is 4.73. The lowest BCUT2D eigenvalue weighted by molar-refractivity contribution is -0.385. The average Bonchev–Trinajstić information content (AvgIpc) is 2.50. The van der Waals surface area contributed by atoms with E-state index in [2.05, 4.69) is 18.7 Å². The largest absolute Gasteiger partial charge is 0.383 e. The summed E-state index contributed by atoms with van der Waals surface area (Å²) >= 11 is 0. The zero-order valence-corrected chi connectivity index (χ0v) is 12.7. The Morgan fingerprint density at radius 3 is 2.57 bits per heavy atom. The summed E-state index contributed by atoms with van der Waals surface area (Å²) in [5.41, 5.74) is 0.690. The van der Waals surface area contributed by atoms with Crippen molar-refractivity contribution >= 4 is 11.4 Å². The van der Waals surface area contributed by atoms with Gasteiger partial charge in [-0.15, -0.1) is 0 Å². The molecule has 0 fully saturated rings. The number of methoxy groups -OCH3 is 1. The summed E-state index contributed by atoms with van der Waals surface area (Å²) in [7, 11) is 1.63. The molecule has 0 N–H and O–H groups in total. The van der Waals surface area contributed by atoms with Gasteiger partial charge >= 0.3 is 0 Å². The number of anilines is 1. The molecule has 21 heavy (non-hydrogen) atoms. The molecular weight excluding hydrogens is 270 g/mol.